The minimum absolute atomic E-state index is 0.0990. The molecule has 0 saturated heterocycles. The van der Waals surface area contributed by atoms with E-state index in [1.807, 2.05) is 0 Å². The fraction of sp³-hybridized carbons (Fsp3) is 0.250. The van der Waals surface area contributed by atoms with Crippen LogP contribution in [-0.4, -0.2) is 10.1 Å². The molecule has 3 nitrogen and oxygen atoms in total. The summed E-state index contributed by atoms with van der Waals surface area (Å²) < 4.78 is 24.3. The van der Waals surface area contributed by atoms with Gasteiger partial charge in [-0.3, -0.25) is 0 Å². The van der Waals surface area contributed by atoms with Gasteiger partial charge in [-0.15, -0.1) is 0 Å². The van der Waals surface area contributed by atoms with E-state index in [2.05, 4.69) is 4.98 Å². The summed E-state index contributed by atoms with van der Waals surface area (Å²) in [6.07, 6.45) is -2.83. The molecule has 13 heavy (non-hydrogen) atoms. The molecular weight excluding hydrogens is 178 g/mol. The highest BCUT2D eigenvalue weighted by Gasteiger charge is 2.16. The lowest BCUT2D eigenvalue weighted by molar-refractivity contribution is 0.141. The van der Waals surface area contributed by atoms with Crippen LogP contribution in [0.25, 0.3) is 0 Å². The first-order valence-electron chi connectivity index (χ1n) is 3.45. The van der Waals surface area contributed by atoms with Gasteiger partial charge in [0.2, 0.25) is 0 Å². The van der Waals surface area contributed by atoms with Gasteiger partial charge in [0, 0.05) is 6.07 Å². The van der Waals surface area contributed by atoms with Crippen LogP contribution in [0.3, 0.4) is 0 Å². The summed E-state index contributed by atoms with van der Waals surface area (Å²) in [6.45, 7) is 1.43. The number of nitriles is 1. The minimum Gasteiger partial charge on any atom is -0.506 e. The van der Waals surface area contributed by atoms with Crippen LogP contribution in [0.15, 0.2) is 6.07 Å². The van der Waals surface area contributed by atoms with E-state index in [4.69, 9.17) is 10.4 Å². The lowest BCUT2D eigenvalue weighted by Gasteiger charge is -2.04. The van der Waals surface area contributed by atoms with E-state index in [1.54, 1.807) is 6.07 Å². The summed E-state index contributed by atoms with van der Waals surface area (Å²) in [5.74, 6) is -0.642. The number of hydrogen-bond donors (Lipinski definition) is 1. The molecule has 0 saturated carbocycles. The maximum Gasteiger partial charge on any atom is 0.284 e. The highest BCUT2D eigenvalue weighted by Crippen LogP contribution is 2.27. The maximum atomic E-state index is 12.1. The number of pyridine rings is 1. The summed E-state index contributed by atoms with van der Waals surface area (Å²) in [5.41, 5.74) is -0.394. The van der Waals surface area contributed by atoms with Crippen LogP contribution in [-0.2, 0) is 0 Å². The Morgan fingerprint density at radius 3 is 2.69 bits per heavy atom. The summed E-state index contributed by atoms with van der Waals surface area (Å²) in [6, 6.07) is 2.72. The van der Waals surface area contributed by atoms with Crippen molar-refractivity contribution in [2.45, 2.75) is 13.3 Å². The summed E-state index contributed by atoms with van der Waals surface area (Å²) in [7, 11) is 0. The third-order valence-electron chi connectivity index (χ3n) is 1.55. The maximum absolute atomic E-state index is 12.1. The summed E-state index contributed by atoms with van der Waals surface area (Å²) in [4.78, 5) is 3.42. The number of rotatable bonds is 1. The smallest absolute Gasteiger partial charge is 0.284 e. The zero-order valence-corrected chi connectivity index (χ0v) is 6.75. The summed E-state index contributed by atoms with van der Waals surface area (Å²) >= 11 is 0. The van der Waals surface area contributed by atoms with Gasteiger partial charge in [0.1, 0.15) is 17.5 Å². The molecule has 1 aromatic heterocycles. The van der Waals surface area contributed by atoms with Crippen LogP contribution in [0.4, 0.5) is 8.78 Å². The van der Waals surface area contributed by atoms with Gasteiger partial charge in [0.25, 0.3) is 6.43 Å². The predicted octanol–water partition coefficient (Wildman–Crippen LogP) is 1.90. The van der Waals surface area contributed by atoms with Crippen LogP contribution >= 0.6 is 0 Å². The van der Waals surface area contributed by atoms with Gasteiger partial charge in [0.15, 0.2) is 0 Å². The second-order valence-electron chi connectivity index (χ2n) is 2.44. The van der Waals surface area contributed by atoms with E-state index in [0.717, 1.165) is 6.07 Å². The lowest BCUT2D eigenvalue weighted by atomic mass is 10.2. The molecule has 0 aromatic carbocycles. The average molecular weight is 184 g/mol. The molecular formula is C8H6F2N2O. The standard InChI is InChI=1S/C8H6F2N2O/c1-4-5(3-11)2-6(13)7(12-4)8(9)10/h2,8,13H,1H3. The number of aromatic nitrogens is 1. The van der Waals surface area contributed by atoms with Crippen LogP contribution in [0.1, 0.15) is 23.4 Å². The highest BCUT2D eigenvalue weighted by molar-refractivity contribution is 5.41. The van der Waals surface area contributed by atoms with Crippen molar-refractivity contribution in [3.05, 3.63) is 23.0 Å². The molecule has 0 spiro atoms. The van der Waals surface area contributed by atoms with E-state index < -0.39 is 17.9 Å². The van der Waals surface area contributed by atoms with Crippen LogP contribution in [0, 0.1) is 18.3 Å². The van der Waals surface area contributed by atoms with Crippen molar-refractivity contribution in [3.8, 4) is 11.8 Å². The molecule has 0 fully saturated rings. The Balaban J connectivity index is 3.31. The van der Waals surface area contributed by atoms with Gasteiger partial charge >= 0.3 is 0 Å². The number of aryl methyl sites for hydroxylation is 1. The van der Waals surface area contributed by atoms with Crippen LogP contribution < -0.4 is 0 Å². The van der Waals surface area contributed by atoms with Gasteiger partial charge < -0.3 is 5.11 Å². The van der Waals surface area contributed by atoms with Gasteiger partial charge in [-0.1, -0.05) is 0 Å². The molecule has 0 unspecified atom stereocenters. The molecule has 0 aliphatic rings. The third-order valence-corrected chi connectivity index (χ3v) is 1.55. The Kier molecular flexibility index (Phi) is 2.42. The Labute approximate surface area is 73.3 Å². The molecule has 0 radical (unpaired) electrons. The fourth-order valence-electron chi connectivity index (χ4n) is 0.887. The molecule has 0 bridgehead atoms. The normalized spacial score (nSPS) is 10.1. The molecule has 5 heteroatoms. The van der Waals surface area contributed by atoms with Crippen molar-refractivity contribution in [1.29, 1.82) is 5.26 Å². The zero-order valence-electron chi connectivity index (χ0n) is 6.75. The average Bonchev–Trinajstić information content (AvgIpc) is 2.07. The summed E-state index contributed by atoms with van der Waals surface area (Å²) in [5, 5.41) is 17.5. The largest absolute Gasteiger partial charge is 0.506 e. The predicted molar refractivity (Wildman–Crippen MR) is 40.3 cm³/mol. The number of alkyl halides is 2. The molecule has 0 aliphatic heterocycles. The van der Waals surface area contributed by atoms with E-state index in [-0.39, 0.29) is 11.3 Å². The second-order valence-corrected chi connectivity index (χ2v) is 2.44. The van der Waals surface area contributed by atoms with E-state index >= 15 is 0 Å². The van der Waals surface area contributed by atoms with Crippen LogP contribution in [0.5, 0.6) is 5.75 Å². The second kappa shape index (κ2) is 3.35. The van der Waals surface area contributed by atoms with Crippen molar-refractivity contribution in [3.63, 3.8) is 0 Å². The van der Waals surface area contributed by atoms with Crippen molar-refractivity contribution in [2.24, 2.45) is 0 Å². The Morgan fingerprint density at radius 2 is 2.23 bits per heavy atom. The molecule has 0 aliphatic carbocycles. The van der Waals surface area contributed by atoms with Gasteiger partial charge in [-0.2, -0.15) is 5.26 Å². The Morgan fingerprint density at radius 1 is 1.62 bits per heavy atom. The Bertz CT molecular complexity index is 371. The van der Waals surface area contributed by atoms with Gasteiger partial charge in [-0.05, 0) is 6.92 Å². The molecule has 1 rings (SSSR count). The Hall–Kier alpha value is -1.70. The first-order chi connectivity index (χ1) is 6.06. The number of halogens is 2. The monoisotopic (exact) mass is 184 g/mol. The number of hydrogen-bond acceptors (Lipinski definition) is 3. The van der Waals surface area contributed by atoms with Crippen LogP contribution in [0.2, 0.25) is 0 Å². The van der Waals surface area contributed by atoms with Crippen molar-refractivity contribution in [1.82, 2.24) is 4.98 Å². The molecule has 1 N–H and O–H groups in total. The topological polar surface area (TPSA) is 56.9 Å². The van der Waals surface area contributed by atoms with Gasteiger partial charge in [0.05, 0.1) is 11.3 Å². The number of aromatic hydroxyl groups is 1. The molecule has 0 amide bonds. The quantitative estimate of drug-likeness (QED) is 0.725. The molecule has 1 aromatic rings. The fourth-order valence-corrected chi connectivity index (χ4v) is 0.887. The lowest BCUT2D eigenvalue weighted by Crippen LogP contribution is -1.96. The first kappa shape index (κ1) is 9.39. The van der Waals surface area contributed by atoms with Crippen molar-refractivity contribution >= 4 is 0 Å². The van der Waals surface area contributed by atoms with Crippen molar-refractivity contribution in [2.75, 3.05) is 0 Å². The molecule has 0 atom stereocenters. The first-order valence-corrected chi connectivity index (χ1v) is 3.45. The van der Waals surface area contributed by atoms with E-state index in [0.29, 0.717) is 0 Å². The SMILES string of the molecule is Cc1nc(C(F)F)c(O)cc1C#N. The van der Waals surface area contributed by atoms with Crippen molar-refractivity contribution < 1.29 is 13.9 Å². The minimum atomic E-state index is -2.83. The highest BCUT2D eigenvalue weighted by atomic mass is 19.3. The number of nitrogens with zero attached hydrogens (tertiary/aromatic N) is 2. The third kappa shape index (κ3) is 1.72. The molecule has 68 valence electrons. The zero-order chi connectivity index (χ0) is 10.0. The van der Waals surface area contributed by atoms with E-state index in [1.165, 1.54) is 6.92 Å². The van der Waals surface area contributed by atoms with E-state index in [9.17, 15) is 8.78 Å². The van der Waals surface area contributed by atoms with Gasteiger partial charge in [-0.25, -0.2) is 13.8 Å². The molecule has 1 heterocycles.